The second-order valence-corrected chi connectivity index (χ2v) is 5.04. The molecule has 0 bridgehead atoms. The van der Waals surface area contributed by atoms with Gasteiger partial charge in [0.15, 0.2) is 0 Å². The molecule has 0 unspecified atom stereocenters. The maximum atomic E-state index is 5.55. The summed E-state index contributed by atoms with van der Waals surface area (Å²) in [5.74, 6) is 1.12. The van der Waals surface area contributed by atoms with Crippen molar-refractivity contribution in [1.82, 2.24) is 0 Å². The van der Waals surface area contributed by atoms with E-state index in [0.717, 1.165) is 25.3 Å². The van der Waals surface area contributed by atoms with Crippen molar-refractivity contribution in [2.45, 2.75) is 6.42 Å². The number of para-hydroxylation sites is 1. The lowest BCUT2D eigenvalue weighted by Gasteiger charge is -2.24. The summed E-state index contributed by atoms with van der Waals surface area (Å²) in [6.45, 7) is 1.94. The Kier molecular flexibility index (Phi) is 6.26. The number of hydrogen-bond acceptors (Lipinski definition) is 3. The van der Waals surface area contributed by atoms with Gasteiger partial charge >= 0.3 is 0 Å². The maximum Gasteiger partial charge on any atom is 0.0745 e. The Balaban J connectivity index is 2.59. The van der Waals surface area contributed by atoms with Crippen molar-refractivity contribution in [2.24, 2.45) is 5.73 Å². The minimum Gasteiger partial charge on any atom is -0.393 e. The highest BCUT2D eigenvalue weighted by molar-refractivity contribution is 7.98. The zero-order valence-electron chi connectivity index (χ0n) is 9.56. The first-order valence-electron chi connectivity index (χ1n) is 5.31. The van der Waals surface area contributed by atoms with E-state index in [0.29, 0.717) is 4.99 Å². The minimum absolute atomic E-state index is 0.588. The molecule has 0 heterocycles. The van der Waals surface area contributed by atoms with E-state index in [2.05, 4.69) is 35.4 Å². The van der Waals surface area contributed by atoms with Crippen LogP contribution in [-0.2, 0) is 0 Å². The lowest BCUT2D eigenvalue weighted by atomic mass is 10.2. The van der Waals surface area contributed by atoms with Crippen LogP contribution in [0.15, 0.2) is 30.3 Å². The third-order valence-electron chi connectivity index (χ3n) is 2.31. The van der Waals surface area contributed by atoms with Crippen LogP contribution < -0.4 is 10.6 Å². The number of thiocarbonyl (C=S) groups is 1. The van der Waals surface area contributed by atoms with E-state index < -0.39 is 0 Å². The predicted octanol–water partition coefficient (Wildman–Crippen LogP) is 2.53. The van der Waals surface area contributed by atoms with Crippen LogP contribution >= 0.6 is 24.0 Å². The number of anilines is 1. The fourth-order valence-corrected chi connectivity index (χ4v) is 1.95. The Hall–Kier alpha value is -0.740. The van der Waals surface area contributed by atoms with Crippen molar-refractivity contribution in [3.8, 4) is 0 Å². The van der Waals surface area contributed by atoms with Gasteiger partial charge in [0.2, 0.25) is 0 Å². The van der Waals surface area contributed by atoms with Crippen LogP contribution in [0.3, 0.4) is 0 Å². The molecule has 0 saturated heterocycles. The lowest BCUT2D eigenvalue weighted by Crippen LogP contribution is -2.29. The number of benzene rings is 1. The molecule has 0 radical (unpaired) electrons. The summed E-state index contributed by atoms with van der Waals surface area (Å²) in [5.41, 5.74) is 6.79. The molecule has 1 aromatic carbocycles. The van der Waals surface area contributed by atoms with Crippen LogP contribution in [0.4, 0.5) is 5.69 Å². The number of rotatable bonds is 7. The molecule has 88 valence electrons. The van der Waals surface area contributed by atoms with Crippen molar-refractivity contribution < 1.29 is 0 Å². The van der Waals surface area contributed by atoms with Gasteiger partial charge in [0.1, 0.15) is 0 Å². The van der Waals surface area contributed by atoms with E-state index in [9.17, 15) is 0 Å². The number of thioether (sulfide) groups is 1. The van der Waals surface area contributed by atoms with Crippen molar-refractivity contribution in [2.75, 3.05) is 30.0 Å². The minimum atomic E-state index is 0.588. The summed E-state index contributed by atoms with van der Waals surface area (Å²) in [6.07, 6.45) is 2.90. The van der Waals surface area contributed by atoms with E-state index in [4.69, 9.17) is 18.0 Å². The number of nitrogens with zero attached hydrogens (tertiary/aromatic N) is 1. The first kappa shape index (κ1) is 13.3. The molecule has 0 aliphatic heterocycles. The molecule has 0 fully saturated rings. The van der Waals surface area contributed by atoms with Crippen LogP contribution in [0.2, 0.25) is 0 Å². The highest BCUT2D eigenvalue weighted by Crippen LogP contribution is 2.14. The third-order valence-corrected chi connectivity index (χ3v) is 3.11. The molecule has 0 aliphatic carbocycles. The van der Waals surface area contributed by atoms with Gasteiger partial charge in [0.25, 0.3) is 0 Å². The first-order chi connectivity index (χ1) is 7.74. The van der Waals surface area contributed by atoms with E-state index in [1.807, 2.05) is 17.8 Å². The highest BCUT2D eigenvalue weighted by atomic mass is 32.2. The molecule has 2 N–H and O–H groups in total. The Morgan fingerprint density at radius 3 is 2.56 bits per heavy atom. The average molecular weight is 254 g/mol. The normalized spacial score (nSPS) is 10.1. The molecular formula is C12H18N2S2. The van der Waals surface area contributed by atoms with Crippen LogP contribution in [0.25, 0.3) is 0 Å². The fraction of sp³-hybridized carbons (Fsp3) is 0.417. The second-order valence-electron chi connectivity index (χ2n) is 3.53. The quantitative estimate of drug-likeness (QED) is 0.757. The zero-order valence-corrected chi connectivity index (χ0v) is 11.2. The first-order valence-corrected chi connectivity index (χ1v) is 7.11. The lowest BCUT2D eigenvalue weighted by molar-refractivity contribution is 0.843. The third kappa shape index (κ3) is 4.86. The van der Waals surface area contributed by atoms with E-state index in [1.165, 1.54) is 5.69 Å². The van der Waals surface area contributed by atoms with Crippen molar-refractivity contribution in [1.29, 1.82) is 0 Å². The summed E-state index contributed by atoms with van der Waals surface area (Å²) in [5, 5.41) is 0. The molecule has 0 saturated carbocycles. The van der Waals surface area contributed by atoms with Crippen molar-refractivity contribution >= 4 is 34.7 Å². The van der Waals surface area contributed by atoms with Crippen molar-refractivity contribution in [3.05, 3.63) is 30.3 Å². The average Bonchev–Trinajstić information content (AvgIpc) is 2.30. The van der Waals surface area contributed by atoms with Gasteiger partial charge in [-0.25, -0.2) is 0 Å². The van der Waals surface area contributed by atoms with Crippen LogP contribution in [0.1, 0.15) is 6.42 Å². The van der Waals surface area contributed by atoms with Crippen LogP contribution in [-0.4, -0.2) is 30.1 Å². The molecule has 0 amide bonds. The van der Waals surface area contributed by atoms with Gasteiger partial charge in [-0.2, -0.15) is 11.8 Å². The molecule has 2 nitrogen and oxygen atoms in total. The van der Waals surface area contributed by atoms with E-state index in [-0.39, 0.29) is 0 Å². The Bertz CT molecular complexity index is 314. The Morgan fingerprint density at radius 1 is 1.31 bits per heavy atom. The molecule has 16 heavy (non-hydrogen) atoms. The largest absolute Gasteiger partial charge is 0.393 e. The molecule has 1 aromatic rings. The predicted molar refractivity (Wildman–Crippen MR) is 78.4 cm³/mol. The van der Waals surface area contributed by atoms with Gasteiger partial charge in [-0.05, 0) is 18.4 Å². The summed E-state index contributed by atoms with van der Waals surface area (Å²) < 4.78 is 0. The van der Waals surface area contributed by atoms with Gasteiger partial charge in [-0.3, -0.25) is 0 Å². The topological polar surface area (TPSA) is 29.3 Å². The maximum absolute atomic E-state index is 5.55. The van der Waals surface area contributed by atoms with Crippen molar-refractivity contribution in [3.63, 3.8) is 0 Å². The molecule has 0 aromatic heterocycles. The number of nitrogens with two attached hydrogens (primary N) is 1. The summed E-state index contributed by atoms with van der Waals surface area (Å²) in [4.78, 5) is 2.92. The van der Waals surface area contributed by atoms with Gasteiger partial charge in [-0.15, -0.1) is 0 Å². The van der Waals surface area contributed by atoms with Gasteiger partial charge in [-0.1, -0.05) is 30.4 Å². The fourth-order valence-electron chi connectivity index (χ4n) is 1.46. The molecule has 1 rings (SSSR count). The van der Waals surface area contributed by atoms with Gasteiger partial charge in [0.05, 0.1) is 4.99 Å². The van der Waals surface area contributed by atoms with Crippen LogP contribution in [0.5, 0.6) is 0 Å². The molecule has 4 heteroatoms. The molecule has 0 spiro atoms. The summed E-state index contributed by atoms with van der Waals surface area (Å²) in [6, 6.07) is 10.4. The smallest absolute Gasteiger partial charge is 0.0745 e. The summed E-state index contributed by atoms with van der Waals surface area (Å²) in [7, 11) is 0. The van der Waals surface area contributed by atoms with Gasteiger partial charge in [0, 0.05) is 31.0 Å². The molecule has 0 atom stereocenters. The second kappa shape index (κ2) is 7.52. The number of hydrogen-bond donors (Lipinski definition) is 1. The molecule has 0 aliphatic rings. The van der Waals surface area contributed by atoms with Gasteiger partial charge < -0.3 is 10.6 Å². The van der Waals surface area contributed by atoms with E-state index >= 15 is 0 Å². The SMILES string of the molecule is CSCCN(CCC(N)=S)c1ccccc1. The zero-order chi connectivity index (χ0) is 11.8. The Labute approximate surface area is 107 Å². The monoisotopic (exact) mass is 254 g/mol. The Morgan fingerprint density at radius 2 is 2.00 bits per heavy atom. The standard InChI is InChI=1S/C12H18N2S2/c1-16-10-9-14(8-7-12(13)15)11-5-3-2-4-6-11/h2-6H,7-10H2,1H3,(H2,13,15). The summed E-state index contributed by atoms with van der Waals surface area (Å²) >= 11 is 6.78. The van der Waals surface area contributed by atoms with Crippen LogP contribution in [0, 0.1) is 0 Å². The molecular weight excluding hydrogens is 236 g/mol. The van der Waals surface area contributed by atoms with E-state index in [1.54, 1.807) is 0 Å². The highest BCUT2D eigenvalue weighted by Gasteiger charge is 2.05.